The maximum absolute atomic E-state index is 11.4. The number of rotatable bonds is 5. The normalized spacial score (nSPS) is 15.0. The van der Waals surface area contributed by atoms with Crippen molar-refractivity contribution in [3.05, 3.63) is 70.7 Å². The third-order valence-corrected chi connectivity index (χ3v) is 6.25. The lowest BCUT2D eigenvalue weighted by Gasteiger charge is -2.35. The SMILES string of the molecule is CC(=O)c1ccc(N2CCN(Cc3csc(-c4ccccc4C)n3)CC2)cc1. The van der Waals surface area contributed by atoms with Crippen LogP contribution in [0, 0.1) is 6.92 Å². The quantitative estimate of drug-likeness (QED) is 0.594. The van der Waals surface area contributed by atoms with Gasteiger partial charge in [0.1, 0.15) is 5.01 Å². The van der Waals surface area contributed by atoms with Gasteiger partial charge in [-0.25, -0.2) is 4.98 Å². The Kier molecular flexibility index (Phi) is 5.55. The van der Waals surface area contributed by atoms with E-state index in [1.165, 1.54) is 16.8 Å². The first-order valence-corrected chi connectivity index (χ1v) is 10.6. The smallest absolute Gasteiger partial charge is 0.159 e. The van der Waals surface area contributed by atoms with Crippen LogP contribution in [0.2, 0.25) is 0 Å². The van der Waals surface area contributed by atoms with Gasteiger partial charge in [0.15, 0.2) is 5.78 Å². The Hall–Kier alpha value is -2.50. The van der Waals surface area contributed by atoms with E-state index in [-0.39, 0.29) is 5.78 Å². The molecular formula is C23H25N3OS. The number of carbonyl (C=O) groups excluding carboxylic acids is 1. The Bertz CT molecular complexity index is 956. The molecule has 0 saturated carbocycles. The molecule has 144 valence electrons. The molecule has 5 heteroatoms. The highest BCUT2D eigenvalue weighted by atomic mass is 32.1. The van der Waals surface area contributed by atoms with Crippen LogP contribution in [0.5, 0.6) is 0 Å². The van der Waals surface area contributed by atoms with Crippen LogP contribution in [0.25, 0.3) is 10.6 Å². The topological polar surface area (TPSA) is 36.4 Å². The standard InChI is InChI=1S/C23H25N3OS/c1-17-5-3-4-6-22(17)23-24-20(16-28-23)15-25-11-13-26(14-12-25)21-9-7-19(8-10-21)18(2)27/h3-10,16H,11-15H2,1-2H3. The first-order chi connectivity index (χ1) is 13.6. The average molecular weight is 392 g/mol. The van der Waals surface area contributed by atoms with E-state index >= 15 is 0 Å². The van der Waals surface area contributed by atoms with Crippen molar-refractivity contribution in [1.82, 2.24) is 9.88 Å². The van der Waals surface area contributed by atoms with E-state index in [9.17, 15) is 4.79 Å². The molecule has 4 rings (SSSR count). The van der Waals surface area contributed by atoms with Crippen LogP contribution in [0.3, 0.4) is 0 Å². The molecule has 1 fully saturated rings. The fraction of sp³-hybridized carbons (Fsp3) is 0.304. The summed E-state index contributed by atoms with van der Waals surface area (Å²) in [7, 11) is 0. The van der Waals surface area contributed by atoms with Crippen LogP contribution in [-0.4, -0.2) is 41.8 Å². The van der Waals surface area contributed by atoms with Crippen LogP contribution in [-0.2, 0) is 6.54 Å². The minimum Gasteiger partial charge on any atom is -0.369 e. The molecule has 0 N–H and O–H groups in total. The van der Waals surface area contributed by atoms with Gasteiger partial charge in [-0.1, -0.05) is 24.3 Å². The number of hydrogen-bond acceptors (Lipinski definition) is 5. The number of nitrogens with zero attached hydrogens (tertiary/aromatic N) is 3. The lowest BCUT2D eigenvalue weighted by Crippen LogP contribution is -2.46. The third kappa shape index (κ3) is 4.16. The summed E-state index contributed by atoms with van der Waals surface area (Å²) in [6, 6.07) is 16.4. The fourth-order valence-electron chi connectivity index (χ4n) is 3.62. The lowest BCUT2D eigenvalue weighted by molar-refractivity contribution is 0.101. The zero-order valence-electron chi connectivity index (χ0n) is 16.4. The molecule has 0 amide bonds. The van der Waals surface area contributed by atoms with E-state index in [0.717, 1.165) is 49.0 Å². The van der Waals surface area contributed by atoms with Crippen LogP contribution >= 0.6 is 11.3 Å². The largest absolute Gasteiger partial charge is 0.369 e. The van der Waals surface area contributed by atoms with Gasteiger partial charge >= 0.3 is 0 Å². The Morgan fingerprint density at radius 2 is 1.75 bits per heavy atom. The summed E-state index contributed by atoms with van der Waals surface area (Å²) in [6.45, 7) is 8.68. The summed E-state index contributed by atoms with van der Waals surface area (Å²) in [5.74, 6) is 0.115. The van der Waals surface area contributed by atoms with Crippen molar-refractivity contribution in [1.29, 1.82) is 0 Å². The number of piperazine rings is 1. The number of aromatic nitrogens is 1. The van der Waals surface area contributed by atoms with Crippen molar-refractivity contribution < 1.29 is 4.79 Å². The molecular weight excluding hydrogens is 366 g/mol. The molecule has 0 radical (unpaired) electrons. The number of ketones is 1. The molecule has 0 bridgehead atoms. The number of Topliss-reactive ketones (excluding diaryl/α,β-unsaturated/α-hetero) is 1. The van der Waals surface area contributed by atoms with Gasteiger partial charge in [0, 0.05) is 54.9 Å². The van der Waals surface area contributed by atoms with Crippen molar-refractivity contribution in [3.8, 4) is 10.6 Å². The van der Waals surface area contributed by atoms with Crippen molar-refractivity contribution >= 4 is 22.8 Å². The van der Waals surface area contributed by atoms with Gasteiger partial charge in [0.25, 0.3) is 0 Å². The van der Waals surface area contributed by atoms with Crippen molar-refractivity contribution in [2.45, 2.75) is 20.4 Å². The van der Waals surface area contributed by atoms with E-state index < -0.39 is 0 Å². The van der Waals surface area contributed by atoms with Crippen molar-refractivity contribution in [2.24, 2.45) is 0 Å². The number of hydrogen-bond donors (Lipinski definition) is 0. The summed E-state index contributed by atoms with van der Waals surface area (Å²) < 4.78 is 0. The van der Waals surface area contributed by atoms with Crippen LogP contribution < -0.4 is 4.90 Å². The third-order valence-electron chi connectivity index (χ3n) is 5.32. The van der Waals surface area contributed by atoms with Gasteiger partial charge in [-0.3, -0.25) is 9.69 Å². The molecule has 2 heterocycles. The maximum atomic E-state index is 11.4. The van der Waals surface area contributed by atoms with Gasteiger partial charge in [0.2, 0.25) is 0 Å². The molecule has 4 nitrogen and oxygen atoms in total. The Morgan fingerprint density at radius 3 is 2.43 bits per heavy atom. The summed E-state index contributed by atoms with van der Waals surface area (Å²) in [4.78, 5) is 21.2. The Morgan fingerprint density at radius 1 is 1.04 bits per heavy atom. The second-order valence-electron chi connectivity index (χ2n) is 7.33. The van der Waals surface area contributed by atoms with E-state index in [2.05, 4.69) is 58.5 Å². The van der Waals surface area contributed by atoms with Crippen LogP contribution in [0.4, 0.5) is 5.69 Å². The molecule has 2 aromatic carbocycles. The van der Waals surface area contributed by atoms with Crippen LogP contribution in [0.15, 0.2) is 53.9 Å². The Balaban J connectivity index is 1.35. The van der Waals surface area contributed by atoms with Crippen molar-refractivity contribution in [3.63, 3.8) is 0 Å². The predicted molar refractivity (Wildman–Crippen MR) is 116 cm³/mol. The second kappa shape index (κ2) is 8.25. The highest BCUT2D eigenvalue weighted by molar-refractivity contribution is 7.13. The van der Waals surface area contributed by atoms with E-state index in [0.29, 0.717) is 0 Å². The summed E-state index contributed by atoms with van der Waals surface area (Å²) >= 11 is 1.73. The van der Waals surface area contributed by atoms with Crippen LogP contribution in [0.1, 0.15) is 28.5 Å². The molecule has 1 aromatic heterocycles. The highest BCUT2D eigenvalue weighted by Gasteiger charge is 2.18. The summed E-state index contributed by atoms with van der Waals surface area (Å²) in [5, 5.41) is 3.30. The fourth-order valence-corrected chi connectivity index (χ4v) is 4.52. The van der Waals surface area contributed by atoms with Crippen molar-refractivity contribution in [2.75, 3.05) is 31.1 Å². The number of aryl methyl sites for hydroxylation is 1. The lowest BCUT2D eigenvalue weighted by atomic mass is 10.1. The molecule has 1 saturated heterocycles. The molecule has 1 aliphatic rings. The number of benzene rings is 2. The first kappa shape index (κ1) is 18.8. The second-order valence-corrected chi connectivity index (χ2v) is 8.18. The number of carbonyl (C=O) groups is 1. The molecule has 1 aliphatic heterocycles. The van der Waals surface area contributed by atoms with Gasteiger partial charge in [-0.15, -0.1) is 11.3 Å². The van der Waals surface area contributed by atoms with E-state index in [1.807, 2.05) is 12.1 Å². The molecule has 28 heavy (non-hydrogen) atoms. The van der Waals surface area contributed by atoms with Gasteiger partial charge in [-0.2, -0.15) is 0 Å². The van der Waals surface area contributed by atoms with Gasteiger partial charge < -0.3 is 4.90 Å². The monoisotopic (exact) mass is 391 g/mol. The number of anilines is 1. The van der Waals surface area contributed by atoms with Gasteiger partial charge in [-0.05, 0) is 43.7 Å². The minimum absolute atomic E-state index is 0.115. The zero-order valence-corrected chi connectivity index (χ0v) is 17.2. The summed E-state index contributed by atoms with van der Waals surface area (Å²) in [6.07, 6.45) is 0. The molecule has 0 spiro atoms. The molecule has 0 aliphatic carbocycles. The minimum atomic E-state index is 0.115. The maximum Gasteiger partial charge on any atom is 0.159 e. The molecule has 3 aromatic rings. The first-order valence-electron chi connectivity index (χ1n) is 9.69. The van der Waals surface area contributed by atoms with Gasteiger partial charge in [0.05, 0.1) is 5.69 Å². The molecule has 0 unspecified atom stereocenters. The number of thiazole rings is 1. The Labute approximate surface area is 170 Å². The van der Waals surface area contributed by atoms with E-state index in [1.54, 1.807) is 18.3 Å². The highest BCUT2D eigenvalue weighted by Crippen LogP contribution is 2.27. The van der Waals surface area contributed by atoms with E-state index in [4.69, 9.17) is 4.98 Å². The average Bonchev–Trinajstić information content (AvgIpc) is 3.17. The predicted octanol–water partition coefficient (Wildman–Crippen LogP) is 4.64. The zero-order chi connectivity index (χ0) is 19.5. The summed E-state index contributed by atoms with van der Waals surface area (Å²) in [5.41, 5.74) is 5.63. The molecule has 0 atom stereocenters.